The van der Waals surface area contributed by atoms with E-state index < -0.39 is 0 Å². The van der Waals surface area contributed by atoms with E-state index in [1.54, 1.807) is 0 Å². The zero-order chi connectivity index (χ0) is 8.55. The van der Waals surface area contributed by atoms with Crippen LogP contribution < -0.4 is 5.32 Å². The van der Waals surface area contributed by atoms with Gasteiger partial charge in [0.05, 0.1) is 0 Å². The molecule has 4 unspecified atom stereocenters. The van der Waals surface area contributed by atoms with Crippen molar-refractivity contribution in [3.8, 4) is 0 Å². The van der Waals surface area contributed by atoms with Gasteiger partial charge in [-0.2, -0.15) is 0 Å². The minimum atomic E-state index is 0.798. The van der Waals surface area contributed by atoms with Crippen molar-refractivity contribution in [2.24, 2.45) is 17.8 Å². The predicted octanol–water partition coefficient (Wildman–Crippen LogP) is 2.42. The van der Waals surface area contributed by atoms with Gasteiger partial charge in [-0.05, 0) is 50.0 Å². The SMILES string of the molecule is CCC1NCC2CC2CCC1C. The van der Waals surface area contributed by atoms with Crippen LogP contribution in [0.4, 0.5) is 0 Å². The highest BCUT2D eigenvalue weighted by atomic mass is 14.9. The van der Waals surface area contributed by atoms with Gasteiger partial charge in [0.15, 0.2) is 0 Å². The summed E-state index contributed by atoms with van der Waals surface area (Å²) in [6, 6.07) is 0.798. The summed E-state index contributed by atoms with van der Waals surface area (Å²) in [5.74, 6) is 3.04. The first kappa shape index (κ1) is 8.55. The molecule has 1 saturated carbocycles. The van der Waals surface area contributed by atoms with Crippen LogP contribution in [0, 0.1) is 17.8 Å². The van der Waals surface area contributed by atoms with Crippen molar-refractivity contribution < 1.29 is 0 Å². The summed E-state index contributed by atoms with van der Waals surface area (Å²) in [4.78, 5) is 0. The van der Waals surface area contributed by atoms with Crippen molar-refractivity contribution in [3.05, 3.63) is 0 Å². The highest BCUT2D eigenvalue weighted by Gasteiger charge is 2.38. The standard InChI is InChI=1S/C11H21N/c1-3-11-8(2)4-5-9-6-10(9)7-12-11/h8-12H,3-7H2,1-2H3. The molecule has 0 aromatic heterocycles. The van der Waals surface area contributed by atoms with Crippen LogP contribution in [0.2, 0.25) is 0 Å². The Kier molecular flexibility index (Phi) is 2.40. The van der Waals surface area contributed by atoms with Gasteiger partial charge in [-0.25, -0.2) is 0 Å². The van der Waals surface area contributed by atoms with Gasteiger partial charge in [0.25, 0.3) is 0 Å². The second-order valence-corrected chi connectivity index (χ2v) is 4.73. The van der Waals surface area contributed by atoms with Gasteiger partial charge >= 0.3 is 0 Å². The molecule has 4 atom stereocenters. The van der Waals surface area contributed by atoms with Crippen LogP contribution in [0.5, 0.6) is 0 Å². The monoisotopic (exact) mass is 167 g/mol. The van der Waals surface area contributed by atoms with Crippen molar-refractivity contribution in [1.29, 1.82) is 0 Å². The van der Waals surface area contributed by atoms with Gasteiger partial charge in [0, 0.05) is 6.04 Å². The summed E-state index contributed by atoms with van der Waals surface area (Å²) in [6.07, 6.45) is 5.77. The third-order valence-corrected chi connectivity index (χ3v) is 3.83. The van der Waals surface area contributed by atoms with E-state index in [2.05, 4.69) is 19.2 Å². The Morgan fingerprint density at radius 3 is 2.83 bits per heavy atom. The first-order valence-electron chi connectivity index (χ1n) is 5.54. The Balaban J connectivity index is 1.89. The fourth-order valence-electron chi connectivity index (χ4n) is 2.64. The normalized spacial score (nSPS) is 47.5. The summed E-state index contributed by atoms with van der Waals surface area (Å²) in [7, 11) is 0. The van der Waals surface area contributed by atoms with Gasteiger partial charge in [0.1, 0.15) is 0 Å². The van der Waals surface area contributed by atoms with E-state index >= 15 is 0 Å². The van der Waals surface area contributed by atoms with Gasteiger partial charge in [-0.1, -0.05) is 13.8 Å². The predicted molar refractivity (Wildman–Crippen MR) is 52.1 cm³/mol. The summed E-state index contributed by atoms with van der Waals surface area (Å²) < 4.78 is 0. The van der Waals surface area contributed by atoms with Crippen molar-refractivity contribution in [2.75, 3.05) is 6.54 Å². The van der Waals surface area contributed by atoms with Crippen LogP contribution in [0.25, 0.3) is 0 Å². The molecule has 0 bridgehead atoms. The van der Waals surface area contributed by atoms with Crippen molar-refractivity contribution in [3.63, 3.8) is 0 Å². The number of hydrogen-bond acceptors (Lipinski definition) is 1. The molecule has 0 aromatic rings. The molecule has 1 N–H and O–H groups in total. The smallest absolute Gasteiger partial charge is 0.00901 e. The van der Waals surface area contributed by atoms with E-state index in [-0.39, 0.29) is 0 Å². The molecule has 1 nitrogen and oxygen atoms in total. The molecule has 2 fully saturated rings. The second-order valence-electron chi connectivity index (χ2n) is 4.73. The molecule has 1 aliphatic carbocycles. The highest BCUT2D eigenvalue weighted by Crippen LogP contribution is 2.43. The minimum Gasteiger partial charge on any atom is -0.313 e. The van der Waals surface area contributed by atoms with Crippen LogP contribution in [-0.4, -0.2) is 12.6 Å². The minimum absolute atomic E-state index is 0.798. The molecule has 2 rings (SSSR count). The molecular weight excluding hydrogens is 146 g/mol. The molecular formula is C11H21N. The molecule has 0 spiro atoms. The summed E-state index contributed by atoms with van der Waals surface area (Å²) >= 11 is 0. The maximum Gasteiger partial charge on any atom is 0.00901 e. The molecule has 0 aromatic carbocycles. The Morgan fingerprint density at radius 1 is 1.25 bits per heavy atom. The molecule has 1 heterocycles. The maximum atomic E-state index is 3.71. The Labute approximate surface area is 75.9 Å². The Hall–Kier alpha value is -0.0400. The zero-order valence-corrected chi connectivity index (χ0v) is 8.34. The summed E-state index contributed by atoms with van der Waals surface area (Å²) in [6.45, 7) is 6.01. The average Bonchev–Trinajstić information content (AvgIpc) is 2.78. The van der Waals surface area contributed by atoms with Crippen LogP contribution in [0.3, 0.4) is 0 Å². The van der Waals surface area contributed by atoms with E-state index in [9.17, 15) is 0 Å². The van der Waals surface area contributed by atoms with Crippen molar-refractivity contribution >= 4 is 0 Å². The fraction of sp³-hybridized carbons (Fsp3) is 1.00. The van der Waals surface area contributed by atoms with Crippen molar-refractivity contribution in [1.82, 2.24) is 5.32 Å². The first-order chi connectivity index (χ1) is 5.81. The lowest BCUT2D eigenvalue weighted by atomic mass is 9.91. The third kappa shape index (κ3) is 1.66. The number of hydrogen-bond donors (Lipinski definition) is 1. The fourth-order valence-corrected chi connectivity index (χ4v) is 2.64. The molecule has 0 radical (unpaired) electrons. The van der Waals surface area contributed by atoms with Crippen LogP contribution in [0.1, 0.15) is 39.5 Å². The third-order valence-electron chi connectivity index (χ3n) is 3.83. The van der Waals surface area contributed by atoms with Crippen LogP contribution in [-0.2, 0) is 0 Å². The molecule has 1 aliphatic heterocycles. The molecule has 12 heavy (non-hydrogen) atoms. The lowest BCUT2D eigenvalue weighted by Crippen LogP contribution is -2.37. The van der Waals surface area contributed by atoms with Crippen molar-refractivity contribution in [2.45, 2.75) is 45.6 Å². The largest absolute Gasteiger partial charge is 0.313 e. The topological polar surface area (TPSA) is 12.0 Å². The van der Waals surface area contributed by atoms with Gasteiger partial charge < -0.3 is 5.32 Å². The zero-order valence-electron chi connectivity index (χ0n) is 8.34. The summed E-state index contributed by atoms with van der Waals surface area (Å²) in [5, 5.41) is 3.71. The lowest BCUT2D eigenvalue weighted by molar-refractivity contribution is 0.309. The Bertz CT molecular complexity index is 155. The molecule has 0 amide bonds. The lowest BCUT2D eigenvalue weighted by Gasteiger charge is -2.26. The summed E-state index contributed by atoms with van der Waals surface area (Å²) in [5.41, 5.74) is 0. The molecule has 1 saturated heterocycles. The average molecular weight is 167 g/mol. The van der Waals surface area contributed by atoms with Crippen LogP contribution in [0.15, 0.2) is 0 Å². The first-order valence-corrected chi connectivity index (χ1v) is 5.54. The molecule has 1 heteroatoms. The second kappa shape index (κ2) is 3.37. The quantitative estimate of drug-likeness (QED) is 0.632. The Morgan fingerprint density at radius 2 is 2.08 bits per heavy atom. The molecule has 70 valence electrons. The van der Waals surface area contributed by atoms with Gasteiger partial charge in [-0.3, -0.25) is 0 Å². The van der Waals surface area contributed by atoms with E-state index in [4.69, 9.17) is 0 Å². The number of nitrogens with one attached hydrogen (secondary N) is 1. The van der Waals surface area contributed by atoms with Crippen LogP contribution >= 0.6 is 0 Å². The number of fused-ring (bicyclic) bond motifs is 1. The van der Waals surface area contributed by atoms with E-state index in [0.29, 0.717) is 0 Å². The highest BCUT2D eigenvalue weighted by molar-refractivity contribution is 4.91. The maximum absolute atomic E-state index is 3.71. The van der Waals surface area contributed by atoms with E-state index in [1.165, 1.54) is 32.2 Å². The van der Waals surface area contributed by atoms with Gasteiger partial charge in [-0.15, -0.1) is 0 Å². The number of rotatable bonds is 1. The van der Waals surface area contributed by atoms with E-state index in [0.717, 1.165) is 23.8 Å². The van der Waals surface area contributed by atoms with E-state index in [1.807, 2.05) is 0 Å². The van der Waals surface area contributed by atoms with Gasteiger partial charge in [0.2, 0.25) is 0 Å². The molecule has 2 aliphatic rings.